The average Bonchev–Trinajstić information content (AvgIpc) is 2.94. The first-order valence-corrected chi connectivity index (χ1v) is 7.52. The Morgan fingerprint density at radius 2 is 2.00 bits per heavy atom. The maximum absolute atomic E-state index is 5.05. The summed E-state index contributed by atoms with van der Waals surface area (Å²) in [5, 5.41) is 11.7. The number of rotatable bonds is 7. The third-order valence-electron chi connectivity index (χ3n) is 3.44. The van der Waals surface area contributed by atoms with Gasteiger partial charge in [-0.3, -0.25) is 4.68 Å². The number of para-hydroxylation sites is 1. The molecule has 0 saturated heterocycles. The van der Waals surface area contributed by atoms with Crippen molar-refractivity contribution in [2.24, 2.45) is 7.05 Å². The molecule has 0 atom stereocenters. The molecule has 0 bridgehead atoms. The van der Waals surface area contributed by atoms with E-state index in [0.717, 1.165) is 35.5 Å². The number of ether oxygens (including phenoxy) is 1. The second-order valence-electron chi connectivity index (χ2n) is 5.17. The van der Waals surface area contributed by atoms with Crippen LogP contribution in [-0.4, -0.2) is 40.0 Å². The molecule has 0 unspecified atom stereocenters. The Morgan fingerprint density at radius 1 is 1.17 bits per heavy atom. The number of nitrogens with one attached hydrogen (secondary N) is 2. The van der Waals surface area contributed by atoms with E-state index in [9.17, 15) is 0 Å². The fraction of sp³-hybridized carbons (Fsp3) is 0.312. The second kappa shape index (κ2) is 7.06. The largest absolute Gasteiger partial charge is 0.385 e. The van der Waals surface area contributed by atoms with Gasteiger partial charge in [-0.25, -0.2) is 0 Å². The number of aryl methyl sites for hydroxylation is 1. The van der Waals surface area contributed by atoms with Crippen molar-refractivity contribution in [3.05, 3.63) is 36.5 Å². The monoisotopic (exact) mass is 312 g/mol. The summed E-state index contributed by atoms with van der Waals surface area (Å²) >= 11 is 0. The van der Waals surface area contributed by atoms with Crippen LogP contribution in [0.25, 0.3) is 11.0 Å². The minimum Gasteiger partial charge on any atom is -0.385 e. The fourth-order valence-electron chi connectivity index (χ4n) is 2.27. The molecule has 0 spiro atoms. The molecule has 2 N–H and O–H groups in total. The number of benzene rings is 1. The molecule has 0 amide bonds. The molecule has 3 aromatic rings. The van der Waals surface area contributed by atoms with Crippen LogP contribution in [-0.2, 0) is 11.8 Å². The number of methoxy groups -OCH3 is 1. The molecule has 2 aromatic heterocycles. The lowest BCUT2D eigenvalue weighted by Crippen LogP contribution is -2.09. The molecule has 7 heteroatoms. The van der Waals surface area contributed by atoms with Gasteiger partial charge in [0.25, 0.3) is 0 Å². The van der Waals surface area contributed by atoms with Crippen LogP contribution in [0.15, 0.2) is 36.5 Å². The smallest absolute Gasteiger partial charge is 0.226 e. The van der Waals surface area contributed by atoms with Crippen molar-refractivity contribution in [1.29, 1.82) is 0 Å². The Balaban J connectivity index is 1.88. The minimum absolute atomic E-state index is 0.579. The lowest BCUT2D eigenvalue weighted by molar-refractivity contribution is 0.197. The first-order chi connectivity index (χ1) is 11.3. The summed E-state index contributed by atoms with van der Waals surface area (Å²) in [6, 6.07) is 9.93. The number of hydrogen-bond acceptors (Lipinski definition) is 6. The molecule has 0 aliphatic heterocycles. The quantitative estimate of drug-likeness (QED) is 0.653. The molecule has 0 fully saturated rings. The number of hydrogen-bond donors (Lipinski definition) is 2. The summed E-state index contributed by atoms with van der Waals surface area (Å²) in [4.78, 5) is 9.11. The van der Waals surface area contributed by atoms with Crippen molar-refractivity contribution in [3.8, 4) is 0 Å². The van der Waals surface area contributed by atoms with Crippen LogP contribution < -0.4 is 10.6 Å². The third-order valence-corrected chi connectivity index (χ3v) is 3.44. The molecule has 7 nitrogen and oxygen atoms in total. The maximum atomic E-state index is 5.05. The summed E-state index contributed by atoms with van der Waals surface area (Å²) in [5.41, 5.74) is 1.76. The SMILES string of the molecule is COCCCNc1nc(Nc2ccccc2)c2cnn(C)c2n1. The highest BCUT2D eigenvalue weighted by Gasteiger charge is 2.11. The predicted molar refractivity (Wildman–Crippen MR) is 91.0 cm³/mol. The average molecular weight is 312 g/mol. The van der Waals surface area contributed by atoms with Gasteiger partial charge in [-0.15, -0.1) is 0 Å². The van der Waals surface area contributed by atoms with E-state index in [4.69, 9.17) is 4.74 Å². The van der Waals surface area contributed by atoms with Gasteiger partial charge in [-0.05, 0) is 18.6 Å². The first-order valence-electron chi connectivity index (χ1n) is 7.52. The molecule has 0 saturated carbocycles. The zero-order chi connectivity index (χ0) is 16.1. The van der Waals surface area contributed by atoms with Crippen LogP contribution >= 0.6 is 0 Å². The molecular weight excluding hydrogens is 292 g/mol. The first kappa shape index (κ1) is 15.2. The Labute approximate surface area is 134 Å². The van der Waals surface area contributed by atoms with Crippen LogP contribution in [0, 0.1) is 0 Å². The zero-order valence-corrected chi connectivity index (χ0v) is 13.3. The van der Waals surface area contributed by atoms with Crippen molar-refractivity contribution < 1.29 is 4.74 Å². The minimum atomic E-state index is 0.579. The molecule has 120 valence electrons. The van der Waals surface area contributed by atoms with Gasteiger partial charge < -0.3 is 15.4 Å². The summed E-state index contributed by atoms with van der Waals surface area (Å²) in [6.07, 6.45) is 2.67. The van der Waals surface area contributed by atoms with Crippen molar-refractivity contribution in [2.45, 2.75) is 6.42 Å². The molecule has 3 rings (SSSR count). The van der Waals surface area contributed by atoms with Gasteiger partial charge in [-0.2, -0.15) is 15.1 Å². The molecule has 2 heterocycles. The van der Waals surface area contributed by atoms with Crippen LogP contribution in [0.2, 0.25) is 0 Å². The van der Waals surface area contributed by atoms with Crippen LogP contribution in [0.5, 0.6) is 0 Å². The zero-order valence-electron chi connectivity index (χ0n) is 13.3. The number of nitrogens with zero attached hydrogens (tertiary/aromatic N) is 4. The molecule has 0 aliphatic carbocycles. The fourth-order valence-corrected chi connectivity index (χ4v) is 2.27. The topological polar surface area (TPSA) is 76.9 Å². The van der Waals surface area contributed by atoms with E-state index in [0.29, 0.717) is 12.6 Å². The lowest BCUT2D eigenvalue weighted by atomic mass is 10.3. The van der Waals surface area contributed by atoms with E-state index in [1.165, 1.54) is 0 Å². The summed E-state index contributed by atoms with van der Waals surface area (Å²) in [6.45, 7) is 1.46. The van der Waals surface area contributed by atoms with Crippen molar-refractivity contribution >= 4 is 28.5 Å². The maximum Gasteiger partial charge on any atom is 0.226 e. The van der Waals surface area contributed by atoms with Crippen molar-refractivity contribution in [2.75, 3.05) is 30.9 Å². The Kier molecular flexibility index (Phi) is 4.68. The summed E-state index contributed by atoms with van der Waals surface area (Å²) in [5.74, 6) is 1.32. The molecule has 0 radical (unpaired) electrons. The van der Waals surface area contributed by atoms with Crippen molar-refractivity contribution in [1.82, 2.24) is 19.7 Å². The number of anilines is 3. The van der Waals surface area contributed by atoms with E-state index in [2.05, 4.69) is 25.7 Å². The van der Waals surface area contributed by atoms with Gasteiger partial charge in [0, 0.05) is 33.0 Å². The number of aromatic nitrogens is 4. The predicted octanol–water partition coefficient (Wildman–Crippen LogP) is 2.56. The molecular formula is C16H20N6O. The standard InChI is InChI=1S/C16H20N6O/c1-22-15-13(11-18-22)14(19-12-7-4-3-5-8-12)20-16(21-15)17-9-6-10-23-2/h3-5,7-8,11H,6,9-10H2,1-2H3,(H2,17,19,20,21). The second-order valence-corrected chi connectivity index (χ2v) is 5.17. The van der Waals surface area contributed by atoms with Gasteiger partial charge in [0.1, 0.15) is 5.82 Å². The highest BCUT2D eigenvalue weighted by Crippen LogP contribution is 2.24. The Morgan fingerprint density at radius 3 is 2.78 bits per heavy atom. The molecule has 23 heavy (non-hydrogen) atoms. The number of fused-ring (bicyclic) bond motifs is 1. The highest BCUT2D eigenvalue weighted by atomic mass is 16.5. The van der Waals surface area contributed by atoms with E-state index in [1.54, 1.807) is 18.0 Å². The van der Waals surface area contributed by atoms with E-state index >= 15 is 0 Å². The van der Waals surface area contributed by atoms with E-state index < -0.39 is 0 Å². The molecule has 1 aromatic carbocycles. The summed E-state index contributed by atoms with van der Waals surface area (Å²) in [7, 11) is 3.57. The Hall–Kier alpha value is -2.67. The molecule has 0 aliphatic rings. The van der Waals surface area contributed by atoms with Crippen molar-refractivity contribution in [3.63, 3.8) is 0 Å². The lowest BCUT2D eigenvalue weighted by Gasteiger charge is -2.10. The van der Waals surface area contributed by atoms with Gasteiger partial charge in [0.2, 0.25) is 5.95 Å². The van der Waals surface area contributed by atoms with Crippen LogP contribution in [0.1, 0.15) is 6.42 Å². The van der Waals surface area contributed by atoms with E-state index in [-0.39, 0.29) is 0 Å². The third kappa shape index (κ3) is 3.57. The normalized spacial score (nSPS) is 10.9. The van der Waals surface area contributed by atoms with Gasteiger partial charge in [0.15, 0.2) is 5.65 Å². The van der Waals surface area contributed by atoms with Gasteiger partial charge in [-0.1, -0.05) is 18.2 Å². The van der Waals surface area contributed by atoms with Gasteiger partial charge in [0.05, 0.1) is 11.6 Å². The van der Waals surface area contributed by atoms with Crippen LogP contribution in [0.4, 0.5) is 17.5 Å². The Bertz CT molecular complexity index is 771. The highest BCUT2D eigenvalue weighted by molar-refractivity contribution is 5.89. The van der Waals surface area contributed by atoms with Crippen LogP contribution in [0.3, 0.4) is 0 Å². The summed E-state index contributed by atoms with van der Waals surface area (Å²) < 4.78 is 6.80. The van der Waals surface area contributed by atoms with Gasteiger partial charge >= 0.3 is 0 Å². The van der Waals surface area contributed by atoms with E-state index in [1.807, 2.05) is 37.4 Å².